The molecule has 0 saturated carbocycles. The Balaban J connectivity index is 1.96. The minimum atomic E-state index is -0.828. The fourth-order valence-corrected chi connectivity index (χ4v) is 3.00. The Kier molecular flexibility index (Phi) is 4.60. The highest BCUT2D eigenvalue weighted by atomic mass is 32.2. The maximum Gasteiger partial charge on any atom is 0.313 e. The lowest BCUT2D eigenvalue weighted by Gasteiger charge is -2.23. The molecule has 0 amide bonds. The van der Waals surface area contributed by atoms with E-state index in [9.17, 15) is 4.79 Å². The van der Waals surface area contributed by atoms with Crippen LogP contribution in [0.1, 0.15) is 19.8 Å². The van der Waals surface area contributed by atoms with Crippen LogP contribution in [0.5, 0.6) is 0 Å². The van der Waals surface area contributed by atoms with Crippen molar-refractivity contribution in [3.05, 3.63) is 6.33 Å². The predicted octanol–water partition coefficient (Wildman–Crippen LogP) is 0.939. The largest absolute Gasteiger partial charge is 0.481 e. The van der Waals surface area contributed by atoms with E-state index in [1.165, 1.54) is 24.6 Å². The molecule has 2 rings (SSSR count). The quantitative estimate of drug-likeness (QED) is 0.776. The second-order valence-electron chi connectivity index (χ2n) is 4.37. The van der Waals surface area contributed by atoms with Gasteiger partial charge in [0.15, 0.2) is 5.16 Å². The molecule has 0 radical (unpaired) electrons. The molecule has 6 nitrogen and oxygen atoms in total. The number of aliphatic carboxylic acids is 1. The van der Waals surface area contributed by atoms with Crippen LogP contribution in [0.3, 0.4) is 0 Å². The predicted molar refractivity (Wildman–Crippen MR) is 68.7 cm³/mol. The summed E-state index contributed by atoms with van der Waals surface area (Å²) in [6, 6.07) is 0.523. The number of likely N-dealkylation sites (tertiary alicyclic amines) is 1. The summed E-state index contributed by atoms with van der Waals surface area (Å²) in [5.74, 6) is -0.800. The van der Waals surface area contributed by atoms with E-state index >= 15 is 0 Å². The first-order valence-electron chi connectivity index (χ1n) is 6.17. The highest BCUT2D eigenvalue weighted by molar-refractivity contribution is 7.99. The number of thioether (sulfide) groups is 1. The number of likely N-dealkylation sites (N-methyl/N-ethyl adjacent to an activating group) is 1. The number of rotatable bonds is 6. The molecule has 1 fully saturated rings. The van der Waals surface area contributed by atoms with Gasteiger partial charge in [0.2, 0.25) is 0 Å². The maximum absolute atomic E-state index is 10.6. The average Bonchev–Trinajstić information content (AvgIpc) is 2.96. The van der Waals surface area contributed by atoms with E-state index in [-0.39, 0.29) is 5.75 Å². The Morgan fingerprint density at radius 1 is 1.67 bits per heavy atom. The van der Waals surface area contributed by atoms with Gasteiger partial charge in [-0.3, -0.25) is 9.69 Å². The molecule has 1 N–H and O–H groups in total. The summed E-state index contributed by atoms with van der Waals surface area (Å²) in [5.41, 5.74) is 0. The van der Waals surface area contributed by atoms with Crippen LogP contribution in [-0.4, -0.2) is 55.6 Å². The Morgan fingerprint density at radius 3 is 3.22 bits per heavy atom. The number of aromatic nitrogens is 3. The van der Waals surface area contributed by atoms with Gasteiger partial charge in [-0.25, -0.2) is 0 Å². The molecule has 1 aliphatic rings. The van der Waals surface area contributed by atoms with Gasteiger partial charge in [-0.1, -0.05) is 18.7 Å². The van der Waals surface area contributed by atoms with Crippen LogP contribution < -0.4 is 0 Å². The number of carbonyl (C=O) groups is 1. The van der Waals surface area contributed by atoms with Gasteiger partial charge in [0.1, 0.15) is 6.33 Å². The van der Waals surface area contributed by atoms with Crippen LogP contribution in [0.25, 0.3) is 0 Å². The van der Waals surface area contributed by atoms with Crippen molar-refractivity contribution in [3.8, 4) is 0 Å². The molecule has 1 atom stereocenters. The first-order chi connectivity index (χ1) is 8.70. The number of nitrogens with zero attached hydrogens (tertiary/aromatic N) is 4. The lowest BCUT2D eigenvalue weighted by atomic mass is 10.2. The Morgan fingerprint density at radius 2 is 2.50 bits per heavy atom. The van der Waals surface area contributed by atoms with Crippen molar-refractivity contribution in [2.75, 3.05) is 18.8 Å². The van der Waals surface area contributed by atoms with E-state index in [1.54, 1.807) is 6.33 Å². The van der Waals surface area contributed by atoms with Crippen molar-refractivity contribution < 1.29 is 9.90 Å². The molecule has 2 heterocycles. The summed E-state index contributed by atoms with van der Waals surface area (Å²) in [4.78, 5) is 13.0. The topological polar surface area (TPSA) is 71.2 Å². The summed E-state index contributed by atoms with van der Waals surface area (Å²) >= 11 is 1.23. The van der Waals surface area contributed by atoms with Crippen molar-refractivity contribution in [3.63, 3.8) is 0 Å². The van der Waals surface area contributed by atoms with Crippen molar-refractivity contribution in [2.45, 2.75) is 37.5 Å². The molecule has 0 aromatic carbocycles. The number of hydrogen-bond donors (Lipinski definition) is 1. The standard InChI is InChI=1S/C11H18N4O2S/c1-2-14-5-3-4-9(14)6-15-8-12-13-11(15)18-7-10(16)17/h8-9H,2-7H2,1H3,(H,16,17). The van der Waals surface area contributed by atoms with Crippen LogP contribution in [0.15, 0.2) is 11.5 Å². The Labute approximate surface area is 110 Å². The highest BCUT2D eigenvalue weighted by Gasteiger charge is 2.24. The van der Waals surface area contributed by atoms with Gasteiger partial charge in [0.05, 0.1) is 5.75 Å². The maximum atomic E-state index is 10.6. The monoisotopic (exact) mass is 270 g/mol. The molecule has 1 aliphatic heterocycles. The molecule has 1 aromatic heterocycles. The second kappa shape index (κ2) is 6.19. The SMILES string of the molecule is CCN1CCCC1Cn1cnnc1SCC(=O)O. The molecule has 0 spiro atoms. The third kappa shape index (κ3) is 3.23. The van der Waals surface area contributed by atoms with Gasteiger partial charge in [-0.2, -0.15) is 0 Å². The van der Waals surface area contributed by atoms with Gasteiger partial charge >= 0.3 is 5.97 Å². The van der Waals surface area contributed by atoms with E-state index in [0.717, 1.165) is 19.6 Å². The molecule has 1 unspecified atom stereocenters. The van der Waals surface area contributed by atoms with Crippen molar-refractivity contribution in [1.82, 2.24) is 19.7 Å². The zero-order chi connectivity index (χ0) is 13.0. The Hall–Kier alpha value is -1.08. The average molecular weight is 270 g/mol. The zero-order valence-electron chi connectivity index (χ0n) is 10.4. The summed E-state index contributed by atoms with van der Waals surface area (Å²) in [6.45, 7) is 5.23. The summed E-state index contributed by atoms with van der Waals surface area (Å²) in [7, 11) is 0. The molecule has 1 aromatic rings. The van der Waals surface area contributed by atoms with E-state index in [1.807, 2.05) is 4.57 Å². The van der Waals surface area contributed by atoms with E-state index in [0.29, 0.717) is 11.2 Å². The molecular formula is C11H18N4O2S. The van der Waals surface area contributed by atoms with E-state index in [4.69, 9.17) is 5.11 Å². The third-order valence-electron chi connectivity index (χ3n) is 3.22. The molecule has 7 heteroatoms. The fraction of sp³-hybridized carbons (Fsp3) is 0.727. The summed E-state index contributed by atoms with van der Waals surface area (Å²) in [6.07, 6.45) is 4.11. The molecule has 1 saturated heterocycles. The van der Waals surface area contributed by atoms with Crippen LogP contribution in [0, 0.1) is 0 Å². The van der Waals surface area contributed by atoms with Gasteiger partial charge in [0, 0.05) is 12.6 Å². The van der Waals surface area contributed by atoms with Gasteiger partial charge < -0.3 is 9.67 Å². The Bertz CT molecular complexity index is 410. The fourth-order valence-electron chi connectivity index (χ4n) is 2.35. The lowest BCUT2D eigenvalue weighted by molar-refractivity contribution is -0.133. The van der Waals surface area contributed by atoms with E-state index in [2.05, 4.69) is 22.0 Å². The minimum absolute atomic E-state index is 0.0286. The van der Waals surface area contributed by atoms with Crippen LogP contribution in [0.2, 0.25) is 0 Å². The molecule has 0 aliphatic carbocycles. The smallest absolute Gasteiger partial charge is 0.313 e. The first-order valence-corrected chi connectivity index (χ1v) is 7.15. The summed E-state index contributed by atoms with van der Waals surface area (Å²) < 4.78 is 1.96. The lowest BCUT2D eigenvalue weighted by Crippen LogP contribution is -2.32. The minimum Gasteiger partial charge on any atom is -0.481 e. The second-order valence-corrected chi connectivity index (χ2v) is 5.32. The third-order valence-corrected chi connectivity index (χ3v) is 4.18. The molecule has 18 heavy (non-hydrogen) atoms. The molecular weight excluding hydrogens is 252 g/mol. The number of carboxylic acids is 1. The number of hydrogen-bond acceptors (Lipinski definition) is 5. The normalized spacial score (nSPS) is 20.4. The van der Waals surface area contributed by atoms with Crippen molar-refractivity contribution in [2.24, 2.45) is 0 Å². The van der Waals surface area contributed by atoms with Crippen LogP contribution in [0.4, 0.5) is 0 Å². The van der Waals surface area contributed by atoms with Crippen molar-refractivity contribution in [1.29, 1.82) is 0 Å². The molecule has 100 valence electrons. The summed E-state index contributed by atoms with van der Waals surface area (Å²) in [5, 5.41) is 17.2. The van der Waals surface area contributed by atoms with Crippen LogP contribution in [-0.2, 0) is 11.3 Å². The van der Waals surface area contributed by atoms with Gasteiger partial charge in [-0.15, -0.1) is 10.2 Å². The van der Waals surface area contributed by atoms with Gasteiger partial charge in [-0.05, 0) is 25.9 Å². The number of carboxylic acid groups (broad SMARTS) is 1. The molecule has 0 bridgehead atoms. The van der Waals surface area contributed by atoms with E-state index < -0.39 is 5.97 Å². The van der Waals surface area contributed by atoms with Crippen LogP contribution >= 0.6 is 11.8 Å². The van der Waals surface area contributed by atoms with Crippen molar-refractivity contribution >= 4 is 17.7 Å². The zero-order valence-corrected chi connectivity index (χ0v) is 11.3. The van der Waals surface area contributed by atoms with Gasteiger partial charge in [0.25, 0.3) is 0 Å². The first kappa shape index (κ1) is 13.4. The highest BCUT2D eigenvalue weighted by Crippen LogP contribution is 2.21.